The summed E-state index contributed by atoms with van der Waals surface area (Å²) in [6.07, 6.45) is 1.69. The van der Waals surface area contributed by atoms with Crippen molar-refractivity contribution in [2.24, 2.45) is 0 Å². The Bertz CT molecular complexity index is 1240. The number of fused-ring (bicyclic) bond motifs is 1. The van der Waals surface area contributed by atoms with E-state index in [0.717, 1.165) is 44.3 Å². The lowest BCUT2D eigenvalue weighted by molar-refractivity contribution is -0.127. The lowest BCUT2D eigenvalue weighted by Gasteiger charge is -2.13. The van der Waals surface area contributed by atoms with Gasteiger partial charge in [-0.3, -0.25) is 19.3 Å². The maximum Gasteiger partial charge on any atom is 0.294 e. The summed E-state index contributed by atoms with van der Waals surface area (Å²) in [5, 5.41) is 4.11. The summed E-state index contributed by atoms with van der Waals surface area (Å²) in [5.74, 6) is -0.170. The van der Waals surface area contributed by atoms with Crippen LogP contribution in [0.2, 0.25) is 0 Å². The minimum atomic E-state index is -0.477. The molecule has 156 valence electrons. The molecule has 31 heavy (non-hydrogen) atoms. The molecule has 1 saturated heterocycles. The number of para-hydroxylation sites is 1. The third-order valence-corrected chi connectivity index (χ3v) is 5.93. The lowest BCUT2D eigenvalue weighted by Crippen LogP contribution is -2.36. The van der Waals surface area contributed by atoms with Crippen LogP contribution in [-0.4, -0.2) is 35.6 Å². The summed E-state index contributed by atoms with van der Waals surface area (Å²) >= 11 is 0.834. The second-order valence-corrected chi connectivity index (χ2v) is 8.03. The Labute approximate surface area is 183 Å². The van der Waals surface area contributed by atoms with Gasteiger partial charge in [-0.25, -0.2) is 0 Å². The second-order valence-electron chi connectivity index (χ2n) is 7.03. The highest BCUT2D eigenvalue weighted by Crippen LogP contribution is 2.35. The third-order valence-electron chi connectivity index (χ3n) is 5.02. The molecule has 1 aliphatic rings. The molecule has 1 fully saturated rings. The number of ether oxygens (including phenoxy) is 1. The number of amides is 3. The Morgan fingerprint density at radius 1 is 1.03 bits per heavy atom. The van der Waals surface area contributed by atoms with Gasteiger partial charge in [0, 0.05) is 11.1 Å². The van der Waals surface area contributed by atoms with E-state index in [9.17, 15) is 14.4 Å². The van der Waals surface area contributed by atoms with Crippen LogP contribution in [0, 0.1) is 6.92 Å². The second kappa shape index (κ2) is 8.65. The topological polar surface area (TPSA) is 75.7 Å². The van der Waals surface area contributed by atoms with Crippen LogP contribution in [0.25, 0.3) is 16.8 Å². The molecule has 4 rings (SSSR count). The van der Waals surface area contributed by atoms with Crippen LogP contribution in [0.5, 0.6) is 5.75 Å². The molecular weight excluding hydrogens is 412 g/mol. The number of imide groups is 1. The molecule has 0 spiro atoms. The van der Waals surface area contributed by atoms with Crippen molar-refractivity contribution in [2.45, 2.75) is 6.92 Å². The summed E-state index contributed by atoms with van der Waals surface area (Å²) < 4.78 is 5.41. The predicted octanol–water partition coefficient (Wildman–Crippen LogP) is 4.83. The van der Waals surface area contributed by atoms with E-state index in [0.29, 0.717) is 5.69 Å². The van der Waals surface area contributed by atoms with Crippen molar-refractivity contribution in [3.8, 4) is 5.75 Å². The summed E-state index contributed by atoms with van der Waals surface area (Å²) in [6, 6.07) is 18.7. The van der Waals surface area contributed by atoms with Crippen LogP contribution in [0.15, 0.2) is 65.6 Å². The molecule has 3 aromatic carbocycles. The maximum absolute atomic E-state index is 12.8. The van der Waals surface area contributed by atoms with E-state index >= 15 is 0 Å². The first kappa shape index (κ1) is 20.7. The molecule has 0 unspecified atom stereocenters. The smallest absolute Gasteiger partial charge is 0.294 e. The first-order valence-corrected chi connectivity index (χ1v) is 10.5. The zero-order valence-electron chi connectivity index (χ0n) is 17.0. The quantitative estimate of drug-likeness (QED) is 0.585. The molecule has 0 atom stereocenters. The predicted molar refractivity (Wildman–Crippen MR) is 123 cm³/mol. The number of carbonyl (C=O) groups excluding carboxylic acids is 3. The first-order chi connectivity index (χ1) is 15.0. The number of thioether (sulfide) groups is 1. The summed E-state index contributed by atoms with van der Waals surface area (Å²) in [4.78, 5) is 38.9. The van der Waals surface area contributed by atoms with Gasteiger partial charge in [0.15, 0.2) is 0 Å². The Morgan fingerprint density at radius 3 is 2.48 bits per heavy atom. The van der Waals surface area contributed by atoms with Gasteiger partial charge in [-0.05, 0) is 53.4 Å². The molecule has 6 nitrogen and oxygen atoms in total. The van der Waals surface area contributed by atoms with Crippen molar-refractivity contribution in [2.75, 3.05) is 19.0 Å². The number of benzene rings is 3. The Kier molecular flexibility index (Phi) is 5.77. The number of methoxy groups -OCH3 is 1. The SMILES string of the molecule is COc1ccc(/C=C2/SC(=O)N(CC(=O)Nc3ccccc3C)C2=O)c2ccccc12. The van der Waals surface area contributed by atoms with Gasteiger partial charge in [-0.15, -0.1) is 0 Å². The number of rotatable bonds is 5. The first-order valence-electron chi connectivity index (χ1n) is 9.64. The highest BCUT2D eigenvalue weighted by atomic mass is 32.2. The van der Waals surface area contributed by atoms with E-state index in [4.69, 9.17) is 4.74 Å². The molecule has 3 aromatic rings. The van der Waals surface area contributed by atoms with Crippen molar-refractivity contribution in [1.82, 2.24) is 4.90 Å². The molecular formula is C24H20N2O4S. The van der Waals surface area contributed by atoms with Crippen LogP contribution < -0.4 is 10.1 Å². The van der Waals surface area contributed by atoms with E-state index in [1.807, 2.05) is 61.5 Å². The van der Waals surface area contributed by atoms with E-state index in [1.165, 1.54) is 0 Å². The molecule has 0 radical (unpaired) electrons. The Hall–Kier alpha value is -3.58. The van der Waals surface area contributed by atoms with E-state index in [2.05, 4.69) is 5.32 Å². The van der Waals surface area contributed by atoms with Crippen LogP contribution >= 0.6 is 11.8 Å². The van der Waals surface area contributed by atoms with E-state index in [-0.39, 0.29) is 11.4 Å². The molecule has 0 saturated carbocycles. The fraction of sp³-hybridized carbons (Fsp3) is 0.125. The van der Waals surface area contributed by atoms with Gasteiger partial charge in [0.2, 0.25) is 5.91 Å². The Morgan fingerprint density at radius 2 is 1.74 bits per heavy atom. The van der Waals surface area contributed by atoms with Crippen molar-refractivity contribution >= 4 is 51.4 Å². The number of hydrogen-bond donors (Lipinski definition) is 1. The van der Waals surface area contributed by atoms with Gasteiger partial charge in [-0.1, -0.05) is 48.5 Å². The molecule has 3 amide bonds. The van der Waals surface area contributed by atoms with Crippen LogP contribution in [-0.2, 0) is 9.59 Å². The van der Waals surface area contributed by atoms with Gasteiger partial charge >= 0.3 is 0 Å². The average molecular weight is 433 g/mol. The van der Waals surface area contributed by atoms with Crippen LogP contribution in [0.3, 0.4) is 0 Å². The minimum Gasteiger partial charge on any atom is -0.496 e. The standard InChI is InChI=1S/C24H20N2O4S/c1-15-7-3-6-10-19(15)25-22(27)14-26-23(28)21(31-24(26)29)13-16-11-12-20(30-2)18-9-5-4-8-17(16)18/h3-13H,14H2,1-2H3,(H,25,27)/b21-13+. The normalized spacial score (nSPS) is 15.0. The summed E-state index contributed by atoms with van der Waals surface area (Å²) in [5.41, 5.74) is 2.35. The monoisotopic (exact) mass is 432 g/mol. The van der Waals surface area contributed by atoms with Crippen LogP contribution in [0.1, 0.15) is 11.1 Å². The van der Waals surface area contributed by atoms with Gasteiger partial charge in [0.05, 0.1) is 12.0 Å². The lowest BCUT2D eigenvalue weighted by atomic mass is 10.0. The van der Waals surface area contributed by atoms with E-state index < -0.39 is 17.1 Å². The number of aryl methyl sites for hydroxylation is 1. The number of hydrogen-bond acceptors (Lipinski definition) is 5. The number of nitrogens with one attached hydrogen (secondary N) is 1. The van der Waals surface area contributed by atoms with Crippen molar-refractivity contribution in [3.63, 3.8) is 0 Å². The van der Waals surface area contributed by atoms with Gasteiger partial charge in [0.1, 0.15) is 12.3 Å². The molecule has 1 N–H and O–H groups in total. The zero-order valence-corrected chi connectivity index (χ0v) is 17.9. The molecule has 1 aliphatic heterocycles. The molecule has 0 aromatic heterocycles. The highest BCUT2D eigenvalue weighted by molar-refractivity contribution is 8.18. The molecule has 7 heteroatoms. The van der Waals surface area contributed by atoms with E-state index in [1.54, 1.807) is 19.3 Å². The minimum absolute atomic E-state index is 0.281. The maximum atomic E-state index is 12.8. The third kappa shape index (κ3) is 4.18. The molecule has 0 bridgehead atoms. The number of anilines is 1. The fourth-order valence-corrected chi connectivity index (χ4v) is 4.25. The Balaban J connectivity index is 1.56. The number of carbonyl (C=O) groups is 3. The zero-order chi connectivity index (χ0) is 22.0. The van der Waals surface area contributed by atoms with Gasteiger partial charge in [-0.2, -0.15) is 0 Å². The molecule has 1 heterocycles. The van der Waals surface area contributed by atoms with Gasteiger partial charge in [0.25, 0.3) is 11.1 Å². The van der Waals surface area contributed by atoms with Crippen molar-refractivity contribution < 1.29 is 19.1 Å². The largest absolute Gasteiger partial charge is 0.496 e. The summed E-state index contributed by atoms with van der Waals surface area (Å²) in [6.45, 7) is 1.54. The van der Waals surface area contributed by atoms with Gasteiger partial charge < -0.3 is 10.1 Å². The fourth-order valence-electron chi connectivity index (χ4n) is 3.42. The highest BCUT2D eigenvalue weighted by Gasteiger charge is 2.36. The average Bonchev–Trinajstić information content (AvgIpc) is 3.03. The van der Waals surface area contributed by atoms with Crippen LogP contribution in [0.4, 0.5) is 10.5 Å². The van der Waals surface area contributed by atoms with Crippen molar-refractivity contribution in [1.29, 1.82) is 0 Å². The molecule has 0 aliphatic carbocycles. The number of nitrogens with zero attached hydrogens (tertiary/aromatic N) is 1. The summed E-state index contributed by atoms with van der Waals surface area (Å²) in [7, 11) is 1.61. The van der Waals surface area contributed by atoms with Crippen molar-refractivity contribution in [3.05, 3.63) is 76.7 Å².